The van der Waals surface area contributed by atoms with E-state index in [-0.39, 0.29) is 35.6 Å². The number of rotatable bonds is 37. The molecule has 7 rings (SSSR count). The molecular formula is C65H81N3O14S. The second kappa shape index (κ2) is 35.7. The molecule has 5 aromatic rings. The van der Waals surface area contributed by atoms with Gasteiger partial charge in [-0.05, 0) is 193 Å². The SMILES string of the molecule is C=CC(=O)OCCCCCCOc1ccc(OC(=O)C2CCC(COc3ccc(OCC4CCC(C(=O)Oc5ccc(OCCCCCCOC(=O)C=C)cc5)CC4)c(/C=N/N(CCOCCOC)c4nc5ccccc5s4)c3)CC2)cc1. The lowest BCUT2D eigenvalue weighted by Crippen LogP contribution is -2.28. The minimum atomic E-state index is -0.398. The van der Waals surface area contributed by atoms with Gasteiger partial charge in [-0.15, -0.1) is 0 Å². The summed E-state index contributed by atoms with van der Waals surface area (Å²) in [5, 5.41) is 7.58. The Morgan fingerprint density at radius 1 is 0.566 bits per heavy atom. The van der Waals surface area contributed by atoms with E-state index < -0.39 is 11.9 Å². The summed E-state index contributed by atoms with van der Waals surface area (Å²) >= 11 is 1.56. The van der Waals surface area contributed by atoms with E-state index in [1.54, 1.807) is 48.9 Å². The van der Waals surface area contributed by atoms with E-state index in [0.717, 1.165) is 98.0 Å². The van der Waals surface area contributed by atoms with E-state index in [1.165, 1.54) is 12.2 Å². The molecule has 18 heteroatoms. The number of benzene rings is 4. The fourth-order valence-corrected chi connectivity index (χ4v) is 10.6. The summed E-state index contributed by atoms with van der Waals surface area (Å²) in [5.41, 5.74) is 1.63. The zero-order chi connectivity index (χ0) is 58.3. The first-order valence-electron chi connectivity index (χ1n) is 29.3. The van der Waals surface area contributed by atoms with Crippen molar-refractivity contribution in [3.8, 4) is 34.5 Å². The van der Waals surface area contributed by atoms with Gasteiger partial charge < -0.3 is 47.4 Å². The predicted octanol–water partition coefficient (Wildman–Crippen LogP) is 12.7. The largest absolute Gasteiger partial charge is 0.494 e. The Kier molecular flexibility index (Phi) is 27.2. The van der Waals surface area contributed by atoms with Crippen molar-refractivity contribution in [2.45, 2.75) is 103 Å². The van der Waals surface area contributed by atoms with E-state index in [9.17, 15) is 19.2 Å². The molecule has 1 aromatic heterocycles. The Morgan fingerprint density at radius 3 is 1.60 bits per heavy atom. The Bertz CT molecular complexity index is 2770. The lowest BCUT2D eigenvalue weighted by Gasteiger charge is -2.28. The monoisotopic (exact) mass is 1160 g/mol. The average Bonchev–Trinajstić information content (AvgIpc) is 4.11. The smallest absolute Gasteiger partial charge is 0.330 e. The van der Waals surface area contributed by atoms with E-state index in [2.05, 4.69) is 13.2 Å². The number of para-hydroxylation sites is 1. The fraction of sp³-hybridized carbons (Fsp3) is 0.477. The molecule has 4 aromatic carbocycles. The van der Waals surface area contributed by atoms with Crippen molar-refractivity contribution in [1.29, 1.82) is 0 Å². The number of esters is 4. The molecule has 83 heavy (non-hydrogen) atoms. The fourth-order valence-electron chi connectivity index (χ4n) is 9.67. The second-order valence-corrected chi connectivity index (χ2v) is 21.8. The lowest BCUT2D eigenvalue weighted by molar-refractivity contribution is -0.141. The molecule has 0 unspecified atom stereocenters. The number of aromatic nitrogens is 1. The number of thiazole rings is 1. The highest BCUT2D eigenvalue weighted by atomic mass is 32.1. The van der Waals surface area contributed by atoms with Crippen LogP contribution in [0.2, 0.25) is 0 Å². The number of anilines is 1. The molecule has 1 heterocycles. The molecule has 0 atom stereocenters. The number of ether oxygens (including phenoxy) is 10. The Balaban J connectivity index is 0.885. The third-order valence-electron chi connectivity index (χ3n) is 14.5. The molecule has 0 bridgehead atoms. The molecule has 2 aliphatic carbocycles. The summed E-state index contributed by atoms with van der Waals surface area (Å²) < 4.78 is 58.6. The molecule has 446 valence electrons. The summed E-state index contributed by atoms with van der Waals surface area (Å²) in [5.74, 6) is 2.61. The van der Waals surface area contributed by atoms with Gasteiger partial charge in [0.1, 0.15) is 34.5 Å². The molecule has 0 amide bonds. The van der Waals surface area contributed by atoms with Crippen LogP contribution >= 0.6 is 11.3 Å². The molecular weight excluding hydrogens is 1080 g/mol. The van der Waals surface area contributed by atoms with Crippen LogP contribution in [-0.4, -0.2) is 108 Å². The number of hydrogen-bond acceptors (Lipinski definition) is 18. The summed E-state index contributed by atoms with van der Waals surface area (Å²) in [6, 6.07) is 28.2. The Labute approximate surface area is 492 Å². The normalized spacial score (nSPS) is 16.8. The van der Waals surface area contributed by atoms with Crippen molar-refractivity contribution in [2.24, 2.45) is 28.8 Å². The minimum absolute atomic E-state index is 0.193. The van der Waals surface area contributed by atoms with Crippen LogP contribution in [0.4, 0.5) is 5.13 Å². The molecule has 0 N–H and O–H groups in total. The van der Waals surface area contributed by atoms with E-state index in [0.29, 0.717) is 126 Å². The summed E-state index contributed by atoms with van der Waals surface area (Å²) in [7, 11) is 1.65. The van der Waals surface area contributed by atoms with Crippen molar-refractivity contribution >= 4 is 56.8 Å². The molecule has 2 fully saturated rings. The molecule has 17 nitrogen and oxygen atoms in total. The van der Waals surface area contributed by atoms with E-state index >= 15 is 0 Å². The van der Waals surface area contributed by atoms with Gasteiger partial charge in [-0.1, -0.05) is 36.6 Å². The molecule has 0 spiro atoms. The highest BCUT2D eigenvalue weighted by Crippen LogP contribution is 2.35. The summed E-state index contributed by atoms with van der Waals surface area (Å²) in [4.78, 5) is 53.8. The maximum Gasteiger partial charge on any atom is 0.330 e. The standard InChI is InChI=1S/C65H81N3O14S/c1-4-61(69)77-39-14-8-6-12-37-75-53-26-30-55(31-27-53)81-63(71)50-22-18-48(19-23-50)46-79-57-34-35-59(52(44-57)45-66-68(36-41-74-43-42-73-3)65-67-58-16-10-11-17-60(58)83-65)80-47-49-20-24-51(25-21-49)64(72)82-56-32-28-54(29-33-56)76-38-13-7-9-15-40-78-62(70)5-2/h4-5,10-11,16-17,26-35,44-45,48-51H,1-2,6-9,12-15,18-25,36-43,46-47H2,3H3/b66-45+. The average molecular weight is 1160 g/mol. The first kappa shape index (κ1) is 63.3. The maximum atomic E-state index is 13.3. The summed E-state index contributed by atoms with van der Waals surface area (Å²) in [6.45, 7) is 11.5. The topological polar surface area (TPSA) is 189 Å². The molecule has 2 aliphatic rings. The van der Waals surface area contributed by atoms with Crippen LogP contribution < -0.4 is 33.4 Å². The second-order valence-electron chi connectivity index (χ2n) is 20.7. The maximum absolute atomic E-state index is 13.3. The van der Waals surface area contributed by atoms with E-state index in [1.807, 2.05) is 71.7 Å². The number of unbranched alkanes of at least 4 members (excludes halogenated alkanes) is 6. The Hall–Kier alpha value is -7.28. The van der Waals surface area contributed by atoms with Gasteiger partial charge in [0.15, 0.2) is 0 Å². The molecule has 2 saturated carbocycles. The third-order valence-corrected chi connectivity index (χ3v) is 15.6. The van der Waals surface area contributed by atoms with Crippen molar-refractivity contribution in [3.63, 3.8) is 0 Å². The van der Waals surface area contributed by atoms with E-state index in [4.69, 9.17) is 57.5 Å². The van der Waals surface area contributed by atoms with Crippen molar-refractivity contribution < 1.29 is 66.5 Å². The molecule has 0 saturated heterocycles. The number of fused-ring (bicyclic) bond motifs is 1. The number of hydrogen-bond donors (Lipinski definition) is 0. The zero-order valence-electron chi connectivity index (χ0n) is 48.0. The Morgan fingerprint density at radius 2 is 1.07 bits per heavy atom. The first-order valence-corrected chi connectivity index (χ1v) is 30.1. The van der Waals surface area contributed by atoms with Crippen LogP contribution in [0.15, 0.2) is 121 Å². The first-order chi connectivity index (χ1) is 40.7. The highest BCUT2D eigenvalue weighted by molar-refractivity contribution is 7.22. The molecule has 0 radical (unpaired) electrons. The number of carbonyl (C=O) groups is 4. The zero-order valence-corrected chi connectivity index (χ0v) is 48.8. The van der Waals surface area contributed by atoms with Gasteiger partial charge in [0.2, 0.25) is 5.13 Å². The number of nitrogens with zero attached hydrogens (tertiary/aromatic N) is 3. The van der Waals surface area contributed by atoms with Gasteiger partial charge in [0.05, 0.1) is 94.3 Å². The van der Waals surface area contributed by atoms with Gasteiger partial charge in [-0.2, -0.15) is 5.10 Å². The van der Waals surface area contributed by atoms with Gasteiger partial charge in [0.25, 0.3) is 0 Å². The number of hydrazone groups is 1. The van der Waals surface area contributed by atoms with Crippen LogP contribution in [0.25, 0.3) is 10.2 Å². The van der Waals surface area contributed by atoms with Gasteiger partial charge in [-0.25, -0.2) is 19.6 Å². The number of methoxy groups -OCH3 is 1. The van der Waals surface area contributed by atoms with Crippen molar-refractivity contribution in [3.05, 3.63) is 122 Å². The number of carbonyl (C=O) groups excluding carboxylic acids is 4. The van der Waals surface area contributed by atoms with Crippen LogP contribution in [0, 0.1) is 23.7 Å². The van der Waals surface area contributed by atoms with Crippen LogP contribution in [0.5, 0.6) is 34.5 Å². The summed E-state index contributed by atoms with van der Waals surface area (Å²) in [6.07, 6.45) is 17.4. The van der Waals surface area contributed by atoms with Crippen LogP contribution in [0.3, 0.4) is 0 Å². The van der Waals surface area contributed by atoms with Gasteiger partial charge >= 0.3 is 23.9 Å². The minimum Gasteiger partial charge on any atom is -0.494 e. The third kappa shape index (κ3) is 22.4. The van der Waals surface area contributed by atoms with Crippen molar-refractivity contribution in [2.75, 3.05) is 78.1 Å². The quantitative estimate of drug-likeness (QED) is 0.00911. The molecule has 0 aliphatic heterocycles. The predicted molar refractivity (Wildman–Crippen MR) is 320 cm³/mol. The van der Waals surface area contributed by atoms with Crippen LogP contribution in [-0.2, 0) is 38.1 Å². The lowest BCUT2D eigenvalue weighted by atomic mass is 9.82. The van der Waals surface area contributed by atoms with Gasteiger partial charge in [-0.3, -0.25) is 9.59 Å². The van der Waals surface area contributed by atoms with Crippen molar-refractivity contribution in [1.82, 2.24) is 4.98 Å². The van der Waals surface area contributed by atoms with Crippen LogP contribution in [0.1, 0.15) is 108 Å². The highest BCUT2D eigenvalue weighted by Gasteiger charge is 2.30. The van der Waals surface area contributed by atoms with Gasteiger partial charge in [0, 0.05) is 24.8 Å².